The van der Waals surface area contributed by atoms with Crippen LogP contribution in [0.15, 0.2) is 42.5 Å². The molecule has 0 heterocycles. The third-order valence-corrected chi connectivity index (χ3v) is 3.71. The second-order valence-electron chi connectivity index (χ2n) is 4.74. The van der Waals surface area contributed by atoms with Crippen molar-refractivity contribution in [1.82, 2.24) is 5.32 Å². The van der Waals surface area contributed by atoms with Crippen LogP contribution in [-0.2, 0) is 13.0 Å². The lowest BCUT2D eigenvalue weighted by atomic mass is 10.1. The molecular formula is C17H19Cl2NO. The molecule has 2 aromatic rings. The van der Waals surface area contributed by atoms with Crippen molar-refractivity contribution in [1.29, 1.82) is 0 Å². The van der Waals surface area contributed by atoms with Gasteiger partial charge in [0.05, 0.1) is 6.61 Å². The van der Waals surface area contributed by atoms with Crippen LogP contribution < -0.4 is 10.1 Å². The SMILES string of the molecule is CCOc1cccc(CNCCc2ccc(Cl)cc2Cl)c1. The van der Waals surface area contributed by atoms with E-state index in [1.165, 1.54) is 5.56 Å². The highest BCUT2D eigenvalue weighted by atomic mass is 35.5. The Balaban J connectivity index is 1.80. The topological polar surface area (TPSA) is 21.3 Å². The standard InChI is InChI=1S/C17H19Cl2NO/c1-2-21-16-5-3-4-13(10-16)12-20-9-8-14-6-7-15(18)11-17(14)19/h3-7,10-11,20H,2,8-9,12H2,1H3. The summed E-state index contributed by atoms with van der Waals surface area (Å²) in [6.45, 7) is 4.35. The predicted octanol–water partition coefficient (Wildman–Crippen LogP) is 4.72. The van der Waals surface area contributed by atoms with Crippen LogP contribution in [0.25, 0.3) is 0 Å². The van der Waals surface area contributed by atoms with E-state index in [1.54, 1.807) is 6.07 Å². The molecule has 21 heavy (non-hydrogen) atoms. The quantitative estimate of drug-likeness (QED) is 0.744. The highest BCUT2D eigenvalue weighted by molar-refractivity contribution is 6.35. The van der Waals surface area contributed by atoms with Gasteiger partial charge in [0.2, 0.25) is 0 Å². The maximum atomic E-state index is 6.15. The molecular weight excluding hydrogens is 305 g/mol. The summed E-state index contributed by atoms with van der Waals surface area (Å²) in [5, 5.41) is 4.81. The van der Waals surface area contributed by atoms with Crippen molar-refractivity contribution in [3.63, 3.8) is 0 Å². The van der Waals surface area contributed by atoms with Crippen molar-refractivity contribution in [2.45, 2.75) is 19.9 Å². The normalized spacial score (nSPS) is 10.6. The molecule has 2 aromatic carbocycles. The zero-order valence-corrected chi connectivity index (χ0v) is 13.5. The third-order valence-electron chi connectivity index (χ3n) is 3.12. The van der Waals surface area contributed by atoms with Gasteiger partial charge in [-0.3, -0.25) is 0 Å². The van der Waals surface area contributed by atoms with Gasteiger partial charge in [-0.1, -0.05) is 41.4 Å². The Morgan fingerprint density at radius 2 is 1.95 bits per heavy atom. The summed E-state index contributed by atoms with van der Waals surface area (Å²) in [5.74, 6) is 0.914. The van der Waals surface area contributed by atoms with E-state index in [-0.39, 0.29) is 0 Å². The van der Waals surface area contributed by atoms with Gasteiger partial charge in [-0.15, -0.1) is 0 Å². The number of hydrogen-bond donors (Lipinski definition) is 1. The summed E-state index contributed by atoms with van der Waals surface area (Å²) in [5.41, 5.74) is 2.32. The molecule has 0 radical (unpaired) electrons. The van der Waals surface area contributed by atoms with E-state index in [0.29, 0.717) is 11.6 Å². The van der Waals surface area contributed by atoms with E-state index in [2.05, 4.69) is 17.4 Å². The summed E-state index contributed by atoms with van der Waals surface area (Å²) in [4.78, 5) is 0. The fourth-order valence-electron chi connectivity index (χ4n) is 2.09. The van der Waals surface area contributed by atoms with Crippen LogP contribution >= 0.6 is 23.2 Å². The van der Waals surface area contributed by atoms with Gasteiger partial charge < -0.3 is 10.1 Å². The molecule has 2 nitrogen and oxygen atoms in total. The van der Waals surface area contributed by atoms with Gasteiger partial charge in [0.25, 0.3) is 0 Å². The highest BCUT2D eigenvalue weighted by Gasteiger charge is 2.01. The molecule has 1 N–H and O–H groups in total. The van der Waals surface area contributed by atoms with Gasteiger partial charge in [-0.25, -0.2) is 0 Å². The van der Waals surface area contributed by atoms with Crippen LogP contribution in [0, 0.1) is 0 Å². The predicted molar refractivity (Wildman–Crippen MR) is 89.5 cm³/mol. The van der Waals surface area contributed by atoms with E-state index in [0.717, 1.165) is 35.8 Å². The Hall–Kier alpha value is -1.22. The molecule has 0 amide bonds. The minimum atomic E-state index is 0.671. The van der Waals surface area contributed by atoms with E-state index >= 15 is 0 Å². The van der Waals surface area contributed by atoms with Crippen LogP contribution in [0.2, 0.25) is 10.0 Å². The van der Waals surface area contributed by atoms with Gasteiger partial charge in [0, 0.05) is 16.6 Å². The first-order valence-corrected chi connectivity index (χ1v) is 7.81. The molecule has 2 rings (SSSR count). The maximum Gasteiger partial charge on any atom is 0.119 e. The van der Waals surface area contributed by atoms with Gasteiger partial charge in [0.15, 0.2) is 0 Å². The van der Waals surface area contributed by atoms with Crippen molar-refractivity contribution in [2.75, 3.05) is 13.2 Å². The smallest absolute Gasteiger partial charge is 0.119 e. The van der Waals surface area contributed by atoms with E-state index in [1.807, 2.05) is 31.2 Å². The van der Waals surface area contributed by atoms with E-state index < -0.39 is 0 Å². The molecule has 0 aliphatic carbocycles. The average Bonchev–Trinajstić information content (AvgIpc) is 2.46. The summed E-state index contributed by atoms with van der Waals surface area (Å²) in [7, 11) is 0. The zero-order valence-electron chi connectivity index (χ0n) is 12.0. The summed E-state index contributed by atoms with van der Waals surface area (Å²) in [6, 6.07) is 13.8. The molecule has 0 atom stereocenters. The number of ether oxygens (including phenoxy) is 1. The Kier molecular flexibility index (Phi) is 6.37. The monoisotopic (exact) mass is 323 g/mol. The molecule has 0 saturated carbocycles. The molecule has 0 aliphatic rings. The summed E-state index contributed by atoms with van der Waals surface area (Å²) < 4.78 is 5.49. The van der Waals surface area contributed by atoms with Crippen molar-refractivity contribution < 1.29 is 4.74 Å². The number of halogens is 2. The highest BCUT2D eigenvalue weighted by Crippen LogP contribution is 2.21. The minimum Gasteiger partial charge on any atom is -0.494 e. The molecule has 0 aliphatic heterocycles. The van der Waals surface area contributed by atoms with Gasteiger partial charge in [-0.2, -0.15) is 0 Å². The number of hydrogen-bond acceptors (Lipinski definition) is 2. The number of nitrogens with one attached hydrogen (secondary N) is 1. The molecule has 0 unspecified atom stereocenters. The maximum absolute atomic E-state index is 6.15. The number of rotatable bonds is 7. The van der Waals surface area contributed by atoms with Gasteiger partial charge in [0.1, 0.15) is 5.75 Å². The van der Waals surface area contributed by atoms with Crippen molar-refractivity contribution in [3.05, 3.63) is 63.6 Å². The van der Waals surface area contributed by atoms with Crippen LogP contribution in [0.4, 0.5) is 0 Å². The Bertz CT molecular complexity index is 587. The second-order valence-corrected chi connectivity index (χ2v) is 5.59. The molecule has 0 bridgehead atoms. The molecule has 112 valence electrons. The van der Waals surface area contributed by atoms with E-state index in [9.17, 15) is 0 Å². The molecule has 0 saturated heterocycles. The average molecular weight is 324 g/mol. The molecule has 0 fully saturated rings. The first-order chi connectivity index (χ1) is 10.2. The van der Waals surface area contributed by atoms with Crippen molar-refractivity contribution in [2.24, 2.45) is 0 Å². The Labute approximate surface area is 136 Å². The van der Waals surface area contributed by atoms with Crippen LogP contribution in [0.1, 0.15) is 18.1 Å². The minimum absolute atomic E-state index is 0.671. The first-order valence-electron chi connectivity index (χ1n) is 7.05. The summed E-state index contributed by atoms with van der Waals surface area (Å²) in [6.07, 6.45) is 0.876. The lowest BCUT2D eigenvalue weighted by Crippen LogP contribution is -2.16. The first kappa shape index (κ1) is 16.2. The Morgan fingerprint density at radius 3 is 2.71 bits per heavy atom. The van der Waals surface area contributed by atoms with Crippen molar-refractivity contribution >= 4 is 23.2 Å². The van der Waals surface area contributed by atoms with Gasteiger partial charge >= 0.3 is 0 Å². The molecule has 0 aromatic heterocycles. The van der Waals surface area contributed by atoms with Gasteiger partial charge in [-0.05, 0) is 55.3 Å². The van der Waals surface area contributed by atoms with Crippen LogP contribution in [-0.4, -0.2) is 13.2 Å². The fraction of sp³-hybridized carbons (Fsp3) is 0.294. The second kappa shape index (κ2) is 8.28. The summed E-state index contributed by atoms with van der Waals surface area (Å²) >= 11 is 12.0. The van der Waals surface area contributed by atoms with Crippen molar-refractivity contribution in [3.8, 4) is 5.75 Å². The molecule has 0 spiro atoms. The Morgan fingerprint density at radius 1 is 1.10 bits per heavy atom. The lowest BCUT2D eigenvalue weighted by Gasteiger charge is -2.08. The van der Waals surface area contributed by atoms with Crippen LogP contribution in [0.5, 0.6) is 5.75 Å². The zero-order chi connectivity index (χ0) is 15.1. The molecule has 4 heteroatoms. The largest absolute Gasteiger partial charge is 0.494 e. The third kappa shape index (κ3) is 5.24. The lowest BCUT2D eigenvalue weighted by molar-refractivity contribution is 0.340. The fourth-order valence-corrected chi connectivity index (χ4v) is 2.60. The number of benzene rings is 2. The van der Waals surface area contributed by atoms with E-state index in [4.69, 9.17) is 27.9 Å². The van der Waals surface area contributed by atoms with Crippen LogP contribution in [0.3, 0.4) is 0 Å².